The molecule has 0 aromatic carbocycles. The molecule has 0 amide bonds. The van der Waals surface area contributed by atoms with Crippen LogP contribution >= 0.6 is 12.4 Å². The van der Waals surface area contributed by atoms with Crippen molar-refractivity contribution in [2.45, 2.75) is 12.5 Å². The Labute approximate surface area is 58.7 Å². The van der Waals surface area contributed by atoms with Crippen LogP contribution in [0.4, 0.5) is 8.78 Å². The summed E-state index contributed by atoms with van der Waals surface area (Å²) in [6.07, 6.45) is -4.16. The third-order valence-electron chi connectivity index (χ3n) is 0.704. The Morgan fingerprint density at radius 3 is 2.11 bits per heavy atom. The van der Waals surface area contributed by atoms with Gasteiger partial charge in [0.25, 0.3) is 6.43 Å². The molecule has 2 N–H and O–H groups in total. The SMILES string of the molecule is CNCC(O)C(F)F.Cl. The summed E-state index contributed by atoms with van der Waals surface area (Å²) in [4.78, 5) is 0. The number of hydrogen-bond acceptors (Lipinski definition) is 2. The van der Waals surface area contributed by atoms with Gasteiger partial charge in [0.05, 0.1) is 0 Å². The smallest absolute Gasteiger partial charge is 0.265 e. The largest absolute Gasteiger partial charge is 0.386 e. The molecule has 5 heteroatoms. The minimum absolute atomic E-state index is 0. The first kappa shape index (κ1) is 11.8. The maximum absolute atomic E-state index is 11.3. The Morgan fingerprint density at radius 1 is 1.56 bits per heavy atom. The molecular weight excluding hydrogens is 151 g/mol. The normalized spacial score (nSPS) is 13.0. The third-order valence-corrected chi connectivity index (χ3v) is 0.704. The summed E-state index contributed by atoms with van der Waals surface area (Å²) in [6.45, 7) is -0.0579. The quantitative estimate of drug-likeness (QED) is 0.622. The van der Waals surface area contributed by atoms with Crippen molar-refractivity contribution in [1.82, 2.24) is 5.32 Å². The second kappa shape index (κ2) is 6.19. The molecule has 1 unspecified atom stereocenters. The summed E-state index contributed by atoms with van der Waals surface area (Å²) < 4.78 is 22.7. The molecule has 0 fully saturated rings. The van der Waals surface area contributed by atoms with Gasteiger partial charge in [-0.25, -0.2) is 8.78 Å². The monoisotopic (exact) mass is 161 g/mol. The molecule has 0 aromatic heterocycles. The van der Waals surface area contributed by atoms with E-state index < -0.39 is 12.5 Å². The number of alkyl halides is 2. The molecule has 58 valence electrons. The van der Waals surface area contributed by atoms with Crippen molar-refractivity contribution in [2.24, 2.45) is 0 Å². The molecule has 0 aliphatic carbocycles. The minimum atomic E-state index is -2.64. The number of likely N-dealkylation sites (N-methyl/N-ethyl adjacent to an activating group) is 1. The van der Waals surface area contributed by atoms with Gasteiger partial charge in [0, 0.05) is 6.54 Å². The van der Waals surface area contributed by atoms with Crippen molar-refractivity contribution in [1.29, 1.82) is 0 Å². The number of aliphatic hydroxyl groups excluding tert-OH is 1. The Morgan fingerprint density at radius 2 is 2.00 bits per heavy atom. The summed E-state index contributed by atoms with van der Waals surface area (Å²) in [5.74, 6) is 0. The molecule has 0 aromatic rings. The van der Waals surface area contributed by atoms with E-state index in [1.165, 1.54) is 7.05 Å². The molecular formula is C4H10ClF2NO. The molecule has 0 radical (unpaired) electrons. The fraction of sp³-hybridized carbons (Fsp3) is 1.00. The summed E-state index contributed by atoms with van der Waals surface area (Å²) in [7, 11) is 1.51. The first-order valence-electron chi connectivity index (χ1n) is 2.29. The van der Waals surface area contributed by atoms with Gasteiger partial charge in [0.1, 0.15) is 6.10 Å². The van der Waals surface area contributed by atoms with E-state index in [-0.39, 0.29) is 19.0 Å². The highest BCUT2D eigenvalue weighted by Crippen LogP contribution is 1.97. The van der Waals surface area contributed by atoms with Gasteiger partial charge in [0.2, 0.25) is 0 Å². The predicted octanol–water partition coefficient (Wildman–Crippen LogP) is 0.254. The summed E-state index contributed by atoms with van der Waals surface area (Å²) in [5, 5.41) is 10.7. The minimum Gasteiger partial charge on any atom is -0.386 e. The molecule has 0 aliphatic rings. The predicted molar refractivity (Wildman–Crippen MR) is 33.2 cm³/mol. The van der Waals surface area contributed by atoms with Gasteiger partial charge in [-0.2, -0.15) is 0 Å². The zero-order valence-corrected chi connectivity index (χ0v) is 5.79. The van der Waals surface area contributed by atoms with Gasteiger partial charge < -0.3 is 10.4 Å². The zero-order chi connectivity index (χ0) is 6.57. The van der Waals surface area contributed by atoms with Gasteiger partial charge in [-0.1, -0.05) is 0 Å². The van der Waals surface area contributed by atoms with Crippen LogP contribution in [0.2, 0.25) is 0 Å². The van der Waals surface area contributed by atoms with Crippen LogP contribution in [-0.2, 0) is 0 Å². The topological polar surface area (TPSA) is 32.3 Å². The van der Waals surface area contributed by atoms with Crippen LogP contribution in [0.3, 0.4) is 0 Å². The molecule has 0 rings (SSSR count). The second-order valence-corrected chi connectivity index (χ2v) is 1.46. The third kappa shape index (κ3) is 5.95. The van der Waals surface area contributed by atoms with Crippen LogP contribution in [0.15, 0.2) is 0 Å². The van der Waals surface area contributed by atoms with Crippen LogP contribution in [0.1, 0.15) is 0 Å². The van der Waals surface area contributed by atoms with Crippen molar-refractivity contribution < 1.29 is 13.9 Å². The highest BCUT2D eigenvalue weighted by Gasteiger charge is 2.14. The van der Waals surface area contributed by atoms with E-state index in [0.717, 1.165) is 0 Å². The summed E-state index contributed by atoms with van der Waals surface area (Å²) in [5.41, 5.74) is 0. The molecule has 2 nitrogen and oxygen atoms in total. The van der Waals surface area contributed by atoms with E-state index in [4.69, 9.17) is 5.11 Å². The second-order valence-electron chi connectivity index (χ2n) is 1.46. The Balaban J connectivity index is 0. The first-order valence-corrected chi connectivity index (χ1v) is 2.29. The Kier molecular flexibility index (Phi) is 8.13. The maximum Gasteiger partial charge on any atom is 0.265 e. The average molecular weight is 162 g/mol. The van der Waals surface area contributed by atoms with Gasteiger partial charge in [-0.05, 0) is 7.05 Å². The molecule has 0 bridgehead atoms. The Hall–Kier alpha value is 0.0700. The van der Waals surface area contributed by atoms with E-state index >= 15 is 0 Å². The highest BCUT2D eigenvalue weighted by atomic mass is 35.5. The van der Waals surface area contributed by atoms with Gasteiger partial charge in [-0.15, -0.1) is 12.4 Å². The lowest BCUT2D eigenvalue weighted by Crippen LogP contribution is -2.29. The van der Waals surface area contributed by atoms with Gasteiger partial charge >= 0.3 is 0 Å². The number of nitrogens with one attached hydrogen (secondary N) is 1. The molecule has 0 saturated heterocycles. The van der Waals surface area contributed by atoms with E-state index in [1.807, 2.05) is 0 Å². The van der Waals surface area contributed by atoms with Gasteiger partial charge in [-0.3, -0.25) is 0 Å². The van der Waals surface area contributed by atoms with E-state index in [2.05, 4.69) is 5.32 Å². The number of rotatable bonds is 3. The van der Waals surface area contributed by atoms with Gasteiger partial charge in [0.15, 0.2) is 0 Å². The van der Waals surface area contributed by atoms with E-state index in [1.54, 1.807) is 0 Å². The van der Waals surface area contributed by atoms with E-state index in [0.29, 0.717) is 0 Å². The lowest BCUT2D eigenvalue weighted by Gasteiger charge is -2.06. The first-order chi connectivity index (χ1) is 3.68. The zero-order valence-electron chi connectivity index (χ0n) is 4.97. The standard InChI is InChI=1S/C4H9F2NO.ClH/c1-7-2-3(8)4(5)6;/h3-4,7-8H,2H2,1H3;1H. The molecule has 0 aliphatic heterocycles. The number of hydrogen-bond donors (Lipinski definition) is 2. The van der Waals surface area contributed by atoms with Crippen molar-refractivity contribution in [3.05, 3.63) is 0 Å². The lowest BCUT2D eigenvalue weighted by molar-refractivity contribution is -0.00226. The van der Waals surface area contributed by atoms with Crippen molar-refractivity contribution in [3.63, 3.8) is 0 Å². The lowest BCUT2D eigenvalue weighted by atomic mass is 10.4. The fourth-order valence-corrected chi connectivity index (χ4v) is 0.298. The van der Waals surface area contributed by atoms with E-state index in [9.17, 15) is 8.78 Å². The van der Waals surface area contributed by atoms with Crippen LogP contribution in [0.5, 0.6) is 0 Å². The van der Waals surface area contributed by atoms with Crippen LogP contribution in [-0.4, -0.2) is 31.2 Å². The molecule has 0 spiro atoms. The molecule has 0 heterocycles. The van der Waals surface area contributed by atoms with Crippen LogP contribution < -0.4 is 5.32 Å². The average Bonchev–Trinajstić information content (AvgIpc) is 1.67. The molecule has 1 atom stereocenters. The van der Waals surface area contributed by atoms with Crippen LogP contribution in [0, 0.1) is 0 Å². The highest BCUT2D eigenvalue weighted by molar-refractivity contribution is 5.85. The fourth-order valence-electron chi connectivity index (χ4n) is 0.298. The summed E-state index contributed by atoms with van der Waals surface area (Å²) >= 11 is 0. The number of aliphatic hydroxyl groups is 1. The summed E-state index contributed by atoms with van der Waals surface area (Å²) in [6, 6.07) is 0. The van der Waals surface area contributed by atoms with Crippen molar-refractivity contribution in [3.8, 4) is 0 Å². The van der Waals surface area contributed by atoms with Crippen molar-refractivity contribution >= 4 is 12.4 Å². The Bertz CT molecular complexity index is 64.5. The number of halogens is 3. The molecule has 0 saturated carbocycles. The van der Waals surface area contributed by atoms with Crippen LogP contribution in [0.25, 0.3) is 0 Å². The molecule has 9 heavy (non-hydrogen) atoms. The van der Waals surface area contributed by atoms with Crippen molar-refractivity contribution in [2.75, 3.05) is 13.6 Å². The maximum atomic E-state index is 11.3.